The highest BCUT2D eigenvalue weighted by Crippen LogP contribution is 2.37. The van der Waals surface area contributed by atoms with Crippen LogP contribution in [0.3, 0.4) is 0 Å². The first-order valence-corrected chi connectivity index (χ1v) is 13.5. The van der Waals surface area contributed by atoms with Crippen LogP contribution in [0.1, 0.15) is 81.0 Å². The lowest BCUT2D eigenvalue weighted by Crippen LogP contribution is -2.19. The van der Waals surface area contributed by atoms with Crippen LogP contribution in [0.4, 0.5) is 0 Å². The first-order valence-electron chi connectivity index (χ1n) is 12.6. The first kappa shape index (κ1) is 25.9. The van der Waals surface area contributed by atoms with E-state index in [9.17, 15) is 4.79 Å². The fourth-order valence-electron chi connectivity index (χ4n) is 4.48. The summed E-state index contributed by atoms with van der Waals surface area (Å²) in [5.41, 5.74) is 4.34. The quantitative estimate of drug-likeness (QED) is 0.226. The number of hydrogen-bond donors (Lipinski definition) is 1. The molecule has 190 valence electrons. The summed E-state index contributed by atoms with van der Waals surface area (Å²) < 4.78 is 6.00. The van der Waals surface area contributed by atoms with Crippen molar-refractivity contribution in [3.8, 4) is 17.0 Å². The molecule has 7 heteroatoms. The molecular formula is C29H34N2O4S. The summed E-state index contributed by atoms with van der Waals surface area (Å²) in [6, 6.07) is 16.4. The number of benzene rings is 2. The minimum atomic E-state index is -1.07. The molecule has 0 saturated heterocycles. The van der Waals surface area contributed by atoms with Crippen LogP contribution < -0.4 is 4.74 Å². The van der Waals surface area contributed by atoms with Crippen molar-refractivity contribution in [3.05, 3.63) is 70.0 Å². The van der Waals surface area contributed by atoms with Crippen LogP contribution in [0, 0.1) is 5.92 Å². The van der Waals surface area contributed by atoms with Gasteiger partial charge in [-0.2, -0.15) is 0 Å². The zero-order chi connectivity index (χ0) is 25.5. The van der Waals surface area contributed by atoms with Crippen molar-refractivity contribution < 1.29 is 19.5 Å². The highest BCUT2D eigenvalue weighted by Gasteiger charge is 2.27. The Bertz CT molecular complexity index is 1160. The molecular weight excluding hydrogens is 472 g/mol. The molecule has 0 bridgehead atoms. The zero-order valence-corrected chi connectivity index (χ0v) is 22.0. The molecule has 4 rings (SSSR count). The molecule has 2 aromatic carbocycles. The lowest BCUT2D eigenvalue weighted by Gasteiger charge is -2.29. The molecule has 0 radical (unpaired) electrons. The Hall–Kier alpha value is -3.19. The van der Waals surface area contributed by atoms with Gasteiger partial charge in [-0.15, -0.1) is 11.3 Å². The van der Waals surface area contributed by atoms with Gasteiger partial charge in [-0.25, -0.2) is 9.78 Å². The van der Waals surface area contributed by atoms with Crippen LogP contribution in [0.2, 0.25) is 0 Å². The fraction of sp³-hybridized carbons (Fsp3) is 0.414. The largest absolute Gasteiger partial charge is 0.486 e. The van der Waals surface area contributed by atoms with Gasteiger partial charge in [-0.3, -0.25) is 0 Å². The molecule has 1 aliphatic carbocycles. The van der Waals surface area contributed by atoms with Gasteiger partial charge < -0.3 is 14.7 Å². The van der Waals surface area contributed by atoms with E-state index in [-0.39, 0.29) is 11.8 Å². The van der Waals surface area contributed by atoms with Crippen LogP contribution in [0.25, 0.3) is 11.3 Å². The van der Waals surface area contributed by atoms with E-state index in [0.29, 0.717) is 18.4 Å². The number of hydrogen-bond acceptors (Lipinski definition) is 6. The molecule has 1 atom stereocenters. The van der Waals surface area contributed by atoms with Gasteiger partial charge in [-0.1, -0.05) is 74.7 Å². The van der Waals surface area contributed by atoms with Crippen molar-refractivity contribution >= 4 is 23.0 Å². The van der Waals surface area contributed by atoms with Crippen LogP contribution >= 0.6 is 11.3 Å². The third kappa shape index (κ3) is 6.72. The monoisotopic (exact) mass is 506 g/mol. The molecule has 1 unspecified atom stereocenters. The number of ether oxygens (including phenoxy) is 1. The predicted octanol–water partition coefficient (Wildman–Crippen LogP) is 7.61. The minimum Gasteiger partial charge on any atom is -0.486 e. The van der Waals surface area contributed by atoms with Crippen molar-refractivity contribution in [1.82, 2.24) is 4.98 Å². The van der Waals surface area contributed by atoms with Gasteiger partial charge in [0, 0.05) is 16.9 Å². The van der Waals surface area contributed by atoms with Gasteiger partial charge in [0.25, 0.3) is 0 Å². The second-order valence-corrected chi connectivity index (χ2v) is 10.6. The number of thiazole rings is 1. The summed E-state index contributed by atoms with van der Waals surface area (Å²) in [6.07, 6.45) is 5.39. The molecule has 1 aromatic heterocycles. The molecule has 1 heterocycles. The van der Waals surface area contributed by atoms with E-state index < -0.39 is 5.97 Å². The van der Waals surface area contributed by atoms with Gasteiger partial charge in [0.15, 0.2) is 11.8 Å². The summed E-state index contributed by atoms with van der Waals surface area (Å²) in [5, 5.41) is 16.0. The van der Waals surface area contributed by atoms with E-state index >= 15 is 0 Å². The summed E-state index contributed by atoms with van der Waals surface area (Å²) in [7, 11) is 0. The molecule has 1 saturated carbocycles. The Morgan fingerprint density at radius 2 is 1.72 bits per heavy atom. The predicted molar refractivity (Wildman–Crippen MR) is 144 cm³/mol. The SMILES string of the molecule is C/C(=N\OC(c1ccc(OCc2nc(-c3ccc(C(C)C)cc3)cs2)cc1)C1CCCCC1)C(=O)O. The smallest absolute Gasteiger partial charge is 0.353 e. The summed E-state index contributed by atoms with van der Waals surface area (Å²) in [4.78, 5) is 21.7. The van der Waals surface area contributed by atoms with Crippen LogP contribution in [-0.2, 0) is 16.2 Å². The Balaban J connectivity index is 1.39. The van der Waals surface area contributed by atoms with Crippen molar-refractivity contribution in [3.63, 3.8) is 0 Å². The molecule has 1 aliphatic rings. The van der Waals surface area contributed by atoms with E-state index in [4.69, 9.17) is 19.7 Å². The Morgan fingerprint density at radius 3 is 2.36 bits per heavy atom. The third-order valence-electron chi connectivity index (χ3n) is 6.69. The fourth-order valence-corrected chi connectivity index (χ4v) is 5.19. The second-order valence-electron chi connectivity index (χ2n) is 9.67. The summed E-state index contributed by atoms with van der Waals surface area (Å²) in [5.74, 6) is 0.513. The van der Waals surface area contributed by atoms with E-state index in [1.807, 2.05) is 24.3 Å². The lowest BCUT2D eigenvalue weighted by molar-refractivity contribution is -0.129. The maximum absolute atomic E-state index is 11.1. The molecule has 0 spiro atoms. The Kier molecular flexibility index (Phi) is 8.75. The van der Waals surface area contributed by atoms with Gasteiger partial charge >= 0.3 is 5.97 Å². The molecule has 1 fully saturated rings. The lowest BCUT2D eigenvalue weighted by atomic mass is 9.83. The van der Waals surface area contributed by atoms with Gasteiger partial charge in [-0.05, 0) is 48.9 Å². The average Bonchev–Trinajstić information content (AvgIpc) is 3.38. The number of nitrogens with zero attached hydrogens (tertiary/aromatic N) is 2. The average molecular weight is 507 g/mol. The number of carbonyl (C=O) groups is 1. The number of carboxylic acids is 1. The van der Waals surface area contributed by atoms with Crippen molar-refractivity contribution in [1.29, 1.82) is 0 Å². The maximum Gasteiger partial charge on any atom is 0.353 e. The minimum absolute atomic E-state index is 0.0468. The van der Waals surface area contributed by atoms with Crippen LogP contribution in [-0.4, -0.2) is 21.8 Å². The van der Waals surface area contributed by atoms with Gasteiger partial charge in [0.05, 0.1) is 5.69 Å². The van der Waals surface area contributed by atoms with E-state index in [0.717, 1.165) is 53.3 Å². The number of rotatable bonds is 10. The van der Waals surface area contributed by atoms with E-state index in [1.54, 1.807) is 11.3 Å². The van der Waals surface area contributed by atoms with Crippen molar-refractivity contribution in [2.24, 2.45) is 11.1 Å². The molecule has 1 N–H and O–H groups in total. The van der Waals surface area contributed by atoms with Gasteiger partial charge in [0.1, 0.15) is 17.4 Å². The topological polar surface area (TPSA) is 81.0 Å². The Morgan fingerprint density at radius 1 is 1.06 bits per heavy atom. The molecule has 6 nitrogen and oxygen atoms in total. The third-order valence-corrected chi connectivity index (χ3v) is 7.51. The highest BCUT2D eigenvalue weighted by atomic mass is 32.1. The van der Waals surface area contributed by atoms with Crippen molar-refractivity contribution in [2.45, 2.75) is 71.5 Å². The van der Waals surface area contributed by atoms with E-state index in [1.165, 1.54) is 18.9 Å². The standard InChI is InChI=1S/C29H34N2O4S/c1-19(2)21-9-11-22(12-10-21)26-18-36-27(30-26)17-34-25-15-13-24(14-16-25)28(23-7-5-4-6-8-23)35-31-20(3)29(32)33/h9-16,18-19,23,28H,4-8,17H2,1-3H3,(H,32,33)/b31-20+. The van der Waals surface area contributed by atoms with Crippen molar-refractivity contribution in [2.75, 3.05) is 0 Å². The van der Waals surface area contributed by atoms with Gasteiger partial charge in [0.2, 0.25) is 0 Å². The second kappa shape index (κ2) is 12.2. The summed E-state index contributed by atoms with van der Waals surface area (Å²) in [6.45, 7) is 6.23. The van der Waals surface area contributed by atoms with E-state index in [2.05, 4.69) is 48.6 Å². The molecule has 0 aliphatic heterocycles. The molecule has 0 amide bonds. The van der Waals surface area contributed by atoms with Crippen LogP contribution in [0.5, 0.6) is 5.75 Å². The number of carboxylic acid groups (broad SMARTS) is 1. The number of aliphatic carboxylic acids is 1. The molecule has 36 heavy (non-hydrogen) atoms. The Labute approximate surface area is 217 Å². The zero-order valence-electron chi connectivity index (χ0n) is 21.1. The van der Waals surface area contributed by atoms with Crippen LogP contribution in [0.15, 0.2) is 59.1 Å². The highest BCUT2D eigenvalue weighted by molar-refractivity contribution is 7.09. The normalized spacial score (nSPS) is 15.6. The summed E-state index contributed by atoms with van der Waals surface area (Å²) >= 11 is 1.59. The first-order chi connectivity index (χ1) is 17.4. The number of aromatic nitrogens is 1. The molecule has 3 aromatic rings. The maximum atomic E-state index is 11.1. The number of oxime groups is 1.